The Morgan fingerprint density at radius 1 is 0.833 bits per heavy atom. The molecule has 0 saturated heterocycles. The van der Waals surface area contributed by atoms with Crippen LogP contribution in [0.25, 0.3) is 11.1 Å². The minimum absolute atomic E-state index is 0.102. The number of ether oxygens (including phenoxy) is 3. The van der Waals surface area contributed by atoms with Gasteiger partial charge in [0.25, 0.3) is 0 Å². The van der Waals surface area contributed by atoms with Gasteiger partial charge in [0.2, 0.25) is 0 Å². The van der Waals surface area contributed by atoms with Crippen LogP contribution in [0, 0.1) is 11.8 Å². The molecular formula is C31H38O5. The van der Waals surface area contributed by atoms with Crippen molar-refractivity contribution in [3.63, 3.8) is 0 Å². The lowest BCUT2D eigenvalue weighted by Crippen LogP contribution is -2.34. The smallest absolute Gasteiger partial charge is 0.311 e. The number of carbonyl (C=O) groups excluding carboxylic acids is 1. The van der Waals surface area contributed by atoms with Gasteiger partial charge < -0.3 is 19.3 Å². The van der Waals surface area contributed by atoms with E-state index in [1.54, 1.807) is 7.11 Å². The third kappa shape index (κ3) is 8.51. The van der Waals surface area contributed by atoms with E-state index in [9.17, 15) is 9.90 Å². The third-order valence-electron chi connectivity index (χ3n) is 6.15. The highest BCUT2D eigenvalue weighted by Crippen LogP contribution is 2.24. The number of benzene rings is 3. The molecule has 5 heteroatoms. The second-order valence-corrected chi connectivity index (χ2v) is 9.44. The van der Waals surface area contributed by atoms with Crippen LogP contribution in [0.15, 0.2) is 78.9 Å². The monoisotopic (exact) mass is 490 g/mol. The number of aliphatic hydroxyl groups excluding tert-OH is 1. The summed E-state index contributed by atoms with van der Waals surface area (Å²) in [6.07, 6.45) is 1.31. The Balaban J connectivity index is 1.71. The first-order valence-corrected chi connectivity index (χ1v) is 12.7. The Hall–Kier alpha value is -3.15. The molecule has 0 heterocycles. The molecule has 0 aliphatic carbocycles. The Morgan fingerprint density at radius 3 is 2.08 bits per heavy atom. The van der Waals surface area contributed by atoms with Crippen LogP contribution in [0.1, 0.15) is 37.8 Å². The summed E-state index contributed by atoms with van der Waals surface area (Å²) in [4.78, 5) is 13.0. The van der Waals surface area contributed by atoms with Gasteiger partial charge in [-0.3, -0.25) is 4.79 Å². The third-order valence-corrected chi connectivity index (χ3v) is 6.15. The summed E-state index contributed by atoms with van der Waals surface area (Å²) < 4.78 is 17.1. The second kappa shape index (κ2) is 14.4. The van der Waals surface area contributed by atoms with Crippen molar-refractivity contribution in [2.45, 2.75) is 45.8 Å². The summed E-state index contributed by atoms with van der Waals surface area (Å²) in [6, 6.07) is 26.5. The quantitative estimate of drug-likeness (QED) is 0.278. The van der Waals surface area contributed by atoms with Crippen molar-refractivity contribution in [2.24, 2.45) is 11.8 Å². The van der Waals surface area contributed by atoms with Crippen molar-refractivity contribution in [1.29, 1.82) is 0 Å². The van der Waals surface area contributed by atoms with E-state index in [1.807, 2.05) is 56.3 Å². The number of aliphatic hydroxyl groups is 1. The Morgan fingerprint density at radius 2 is 1.47 bits per heavy atom. The largest absolute Gasteiger partial charge is 0.497 e. The van der Waals surface area contributed by atoms with Gasteiger partial charge in [0, 0.05) is 6.61 Å². The number of hydrogen-bond donors (Lipinski definition) is 1. The first-order chi connectivity index (χ1) is 17.5. The molecule has 1 N–H and O–H groups in total. The molecular weight excluding hydrogens is 452 g/mol. The maximum Gasteiger partial charge on any atom is 0.311 e. The lowest BCUT2D eigenvalue weighted by molar-refractivity contribution is -0.157. The predicted molar refractivity (Wildman–Crippen MR) is 143 cm³/mol. The highest BCUT2D eigenvalue weighted by Gasteiger charge is 2.30. The second-order valence-electron chi connectivity index (χ2n) is 9.44. The molecule has 3 aromatic rings. The molecule has 0 aromatic heterocycles. The first-order valence-electron chi connectivity index (χ1n) is 12.7. The highest BCUT2D eigenvalue weighted by atomic mass is 16.5. The molecule has 0 saturated carbocycles. The summed E-state index contributed by atoms with van der Waals surface area (Å²) in [5, 5.41) is 9.70. The van der Waals surface area contributed by atoms with Crippen molar-refractivity contribution in [3.05, 3.63) is 90.0 Å². The zero-order chi connectivity index (χ0) is 25.8. The van der Waals surface area contributed by atoms with Crippen LogP contribution in [0.5, 0.6) is 5.75 Å². The Bertz CT molecular complexity index is 1030. The number of esters is 1. The Labute approximate surface area is 215 Å². The number of carbonyl (C=O) groups is 1. The molecule has 2 atom stereocenters. The maximum atomic E-state index is 13.0. The van der Waals surface area contributed by atoms with Gasteiger partial charge in [0.1, 0.15) is 5.75 Å². The lowest BCUT2D eigenvalue weighted by Gasteiger charge is -2.26. The van der Waals surface area contributed by atoms with E-state index in [4.69, 9.17) is 14.2 Å². The van der Waals surface area contributed by atoms with Gasteiger partial charge in [-0.05, 0) is 59.6 Å². The molecule has 0 amide bonds. The standard InChI is InChI=1S/C31H38O5/c1-23(2)21-36-31(33)29(19-20-32)30(35-22-25-11-16-28(34-3)17-12-25)18-13-24-9-14-27(15-10-24)26-7-5-4-6-8-26/h4-12,14-17,23,29-30,32H,13,18-22H2,1-3H3. The normalized spacial score (nSPS) is 12.8. The highest BCUT2D eigenvalue weighted by molar-refractivity contribution is 5.73. The molecule has 3 aromatic carbocycles. The summed E-state index contributed by atoms with van der Waals surface area (Å²) in [7, 11) is 1.64. The van der Waals surface area contributed by atoms with Crippen molar-refractivity contribution in [1.82, 2.24) is 0 Å². The molecule has 0 aliphatic heterocycles. The van der Waals surface area contributed by atoms with Gasteiger partial charge in [-0.15, -0.1) is 0 Å². The fourth-order valence-electron chi connectivity index (χ4n) is 4.08. The van der Waals surface area contributed by atoms with Crippen molar-refractivity contribution in [3.8, 4) is 16.9 Å². The molecule has 0 aliphatic rings. The Kier molecular flexibility index (Phi) is 11.0. The van der Waals surface area contributed by atoms with Crippen LogP contribution in [0.4, 0.5) is 0 Å². The predicted octanol–water partition coefficient (Wildman–Crippen LogP) is 6.08. The van der Waals surface area contributed by atoms with Gasteiger partial charge in [-0.2, -0.15) is 0 Å². The van der Waals surface area contributed by atoms with E-state index in [1.165, 1.54) is 16.7 Å². The fourth-order valence-corrected chi connectivity index (χ4v) is 4.08. The summed E-state index contributed by atoms with van der Waals surface area (Å²) in [5.74, 6) is 0.183. The average molecular weight is 491 g/mol. The zero-order valence-electron chi connectivity index (χ0n) is 21.6. The van der Waals surface area contributed by atoms with Crippen LogP contribution in [0.2, 0.25) is 0 Å². The van der Waals surface area contributed by atoms with Crippen LogP contribution >= 0.6 is 0 Å². The lowest BCUT2D eigenvalue weighted by atomic mass is 9.93. The topological polar surface area (TPSA) is 65.0 Å². The van der Waals surface area contributed by atoms with Crippen molar-refractivity contribution >= 4 is 5.97 Å². The van der Waals surface area contributed by atoms with E-state index in [0.29, 0.717) is 26.1 Å². The SMILES string of the molecule is COc1ccc(COC(CCc2ccc(-c3ccccc3)cc2)C(CCO)C(=O)OCC(C)C)cc1. The maximum absolute atomic E-state index is 13.0. The van der Waals surface area contributed by atoms with Gasteiger partial charge >= 0.3 is 5.97 Å². The average Bonchev–Trinajstić information content (AvgIpc) is 2.92. The van der Waals surface area contributed by atoms with Gasteiger partial charge in [-0.1, -0.05) is 80.6 Å². The number of hydrogen-bond acceptors (Lipinski definition) is 5. The van der Waals surface area contributed by atoms with Crippen LogP contribution in [0.3, 0.4) is 0 Å². The fraction of sp³-hybridized carbons (Fsp3) is 0.387. The van der Waals surface area contributed by atoms with Gasteiger partial charge in [-0.25, -0.2) is 0 Å². The van der Waals surface area contributed by atoms with Crippen molar-refractivity contribution in [2.75, 3.05) is 20.3 Å². The zero-order valence-corrected chi connectivity index (χ0v) is 21.6. The van der Waals surface area contributed by atoms with Gasteiger partial charge in [0.15, 0.2) is 0 Å². The molecule has 0 spiro atoms. The minimum Gasteiger partial charge on any atom is -0.497 e. The minimum atomic E-state index is -0.532. The molecule has 2 unspecified atom stereocenters. The molecule has 0 bridgehead atoms. The summed E-state index contributed by atoms with van der Waals surface area (Å²) in [6.45, 7) is 4.62. The van der Waals surface area contributed by atoms with Crippen LogP contribution in [-0.4, -0.2) is 37.5 Å². The van der Waals surface area contributed by atoms with E-state index in [0.717, 1.165) is 17.7 Å². The van der Waals surface area contributed by atoms with E-state index < -0.39 is 5.92 Å². The summed E-state index contributed by atoms with van der Waals surface area (Å²) in [5.41, 5.74) is 4.51. The number of methoxy groups -OCH3 is 1. The molecule has 36 heavy (non-hydrogen) atoms. The molecule has 192 valence electrons. The van der Waals surface area contributed by atoms with Crippen LogP contribution < -0.4 is 4.74 Å². The molecule has 0 radical (unpaired) electrons. The molecule has 0 fully saturated rings. The molecule has 5 nitrogen and oxygen atoms in total. The molecule has 3 rings (SSSR count). The summed E-state index contributed by atoms with van der Waals surface area (Å²) >= 11 is 0. The van der Waals surface area contributed by atoms with Gasteiger partial charge in [0.05, 0.1) is 32.3 Å². The van der Waals surface area contributed by atoms with E-state index in [2.05, 4.69) is 36.4 Å². The first kappa shape index (κ1) is 27.4. The van der Waals surface area contributed by atoms with Crippen molar-refractivity contribution < 1.29 is 24.1 Å². The number of aryl methyl sites for hydroxylation is 1. The van der Waals surface area contributed by atoms with E-state index in [-0.39, 0.29) is 24.6 Å². The van der Waals surface area contributed by atoms with Crippen LogP contribution in [-0.2, 0) is 27.3 Å². The van der Waals surface area contributed by atoms with E-state index >= 15 is 0 Å². The number of rotatable bonds is 14.